The van der Waals surface area contributed by atoms with Crippen molar-refractivity contribution in [2.24, 2.45) is 4.99 Å². The van der Waals surface area contributed by atoms with E-state index in [1.54, 1.807) is 0 Å². The van der Waals surface area contributed by atoms with Crippen LogP contribution in [0.4, 0.5) is 5.69 Å². The second-order valence-electron chi connectivity index (χ2n) is 7.66. The zero-order valence-corrected chi connectivity index (χ0v) is 17.8. The van der Waals surface area contributed by atoms with Crippen LogP contribution in [0.25, 0.3) is 0 Å². The van der Waals surface area contributed by atoms with Crippen LogP contribution < -0.4 is 15.5 Å². The predicted molar refractivity (Wildman–Crippen MR) is 115 cm³/mol. The first kappa shape index (κ1) is 21.7. The Hall–Kier alpha value is -2.57. The Morgan fingerprint density at radius 3 is 2.50 bits per heavy atom. The van der Waals surface area contributed by atoms with Gasteiger partial charge in [0.15, 0.2) is 11.8 Å². The van der Waals surface area contributed by atoms with E-state index in [0.717, 1.165) is 38.6 Å². The van der Waals surface area contributed by atoms with Crippen LogP contribution in [0.1, 0.15) is 52.8 Å². The number of nitrogens with one attached hydrogen (secondary N) is 2. The van der Waals surface area contributed by atoms with Gasteiger partial charge in [0.25, 0.3) is 0 Å². The van der Waals surface area contributed by atoms with E-state index in [9.17, 15) is 0 Å². The summed E-state index contributed by atoms with van der Waals surface area (Å²) in [5, 5.41) is 10.7. The molecule has 1 aromatic carbocycles. The Morgan fingerprint density at radius 2 is 1.89 bits per heavy atom. The third kappa shape index (κ3) is 6.87. The fraction of sp³-hybridized carbons (Fsp3) is 0.571. The molecule has 0 aliphatic heterocycles. The standard InChI is InChI=1S/C21H34N6O/c1-6-22-20(24-16-18-25-19(28-26-18)21(3,4)5)23-14-11-15-27(7-2)17-12-9-8-10-13-17/h8-10,12-13H,6-7,11,14-16H2,1-5H3,(H2,22,23,24). The fourth-order valence-electron chi connectivity index (χ4n) is 2.70. The lowest BCUT2D eigenvalue weighted by atomic mass is 9.97. The molecule has 7 heteroatoms. The maximum Gasteiger partial charge on any atom is 0.232 e. The molecule has 0 aliphatic carbocycles. The highest BCUT2D eigenvalue weighted by Gasteiger charge is 2.21. The largest absolute Gasteiger partial charge is 0.372 e. The van der Waals surface area contributed by atoms with Crippen LogP contribution in [0.2, 0.25) is 0 Å². The van der Waals surface area contributed by atoms with E-state index in [-0.39, 0.29) is 5.41 Å². The van der Waals surface area contributed by atoms with Gasteiger partial charge < -0.3 is 20.1 Å². The number of aromatic nitrogens is 2. The normalized spacial score (nSPS) is 12.1. The highest BCUT2D eigenvalue weighted by Crippen LogP contribution is 2.19. The number of aliphatic imine (C=N–C) groups is 1. The van der Waals surface area contributed by atoms with Crippen molar-refractivity contribution in [3.05, 3.63) is 42.0 Å². The van der Waals surface area contributed by atoms with Gasteiger partial charge >= 0.3 is 0 Å². The molecule has 1 aromatic heterocycles. The molecule has 28 heavy (non-hydrogen) atoms. The SMILES string of the molecule is CCNC(=NCc1noc(C(C)(C)C)n1)NCCCN(CC)c1ccccc1. The zero-order chi connectivity index (χ0) is 20.4. The van der Waals surface area contributed by atoms with Gasteiger partial charge in [0, 0.05) is 37.3 Å². The minimum absolute atomic E-state index is 0.151. The Labute approximate surface area is 168 Å². The van der Waals surface area contributed by atoms with Gasteiger partial charge in [-0.3, -0.25) is 0 Å². The van der Waals surface area contributed by atoms with Crippen molar-refractivity contribution in [2.75, 3.05) is 31.1 Å². The summed E-state index contributed by atoms with van der Waals surface area (Å²) in [5.41, 5.74) is 1.11. The van der Waals surface area contributed by atoms with E-state index >= 15 is 0 Å². The van der Waals surface area contributed by atoms with Crippen molar-refractivity contribution in [3.8, 4) is 0 Å². The number of hydrogen-bond acceptors (Lipinski definition) is 5. The average Bonchev–Trinajstić information content (AvgIpc) is 3.16. The van der Waals surface area contributed by atoms with Gasteiger partial charge in [-0.1, -0.05) is 44.1 Å². The molecule has 2 rings (SSSR count). The summed E-state index contributed by atoms with van der Waals surface area (Å²) >= 11 is 0. The molecule has 0 saturated heterocycles. The molecule has 2 N–H and O–H groups in total. The van der Waals surface area contributed by atoms with Gasteiger partial charge in [-0.15, -0.1) is 0 Å². The molecule has 0 saturated carbocycles. The van der Waals surface area contributed by atoms with E-state index in [4.69, 9.17) is 4.52 Å². The molecule has 0 aliphatic rings. The molecule has 1 heterocycles. The predicted octanol–water partition coefficient (Wildman–Crippen LogP) is 3.34. The number of anilines is 1. The van der Waals surface area contributed by atoms with Crippen LogP contribution >= 0.6 is 0 Å². The minimum Gasteiger partial charge on any atom is -0.372 e. The summed E-state index contributed by atoms with van der Waals surface area (Å²) in [6.07, 6.45) is 1.02. The van der Waals surface area contributed by atoms with Crippen molar-refractivity contribution in [1.82, 2.24) is 20.8 Å². The van der Waals surface area contributed by atoms with Gasteiger partial charge in [0.2, 0.25) is 5.89 Å². The van der Waals surface area contributed by atoms with Crippen molar-refractivity contribution >= 4 is 11.6 Å². The summed E-state index contributed by atoms with van der Waals surface area (Å²) in [6.45, 7) is 14.4. The summed E-state index contributed by atoms with van der Waals surface area (Å²) < 4.78 is 5.32. The van der Waals surface area contributed by atoms with Crippen molar-refractivity contribution < 1.29 is 4.52 Å². The number of nitrogens with zero attached hydrogens (tertiary/aromatic N) is 4. The first-order chi connectivity index (χ1) is 13.4. The molecule has 0 bridgehead atoms. The van der Waals surface area contributed by atoms with Crippen molar-refractivity contribution in [1.29, 1.82) is 0 Å². The van der Waals surface area contributed by atoms with Crippen molar-refractivity contribution in [2.45, 2.75) is 53.0 Å². The van der Waals surface area contributed by atoms with E-state index in [0.29, 0.717) is 18.3 Å². The first-order valence-electron chi connectivity index (χ1n) is 10.1. The number of hydrogen-bond donors (Lipinski definition) is 2. The molecule has 0 radical (unpaired) electrons. The lowest BCUT2D eigenvalue weighted by Gasteiger charge is -2.23. The molecule has 2 aromatic rings. The fourth-order valence-corrected chi connectivity index (χ4v) is 2.70. The molecule has 0 fully saturated rings. The summed E-state index contributed by atoms with van der Waals surface area (Å²) in [4.78, 5) is 11.4. The smallest absolute Gasteiger partial charge is 0.232 e. The van der Waals surface area contributed by atoms with Gasteiger partial charge in [-0.2, -0.15) is 4.98 Å². The molecular weight excluding hydrogens is 352 g/mol. The lowest BCUT2D eigenvalue weighted by molar-refractivity contribution is 0.318. The highest BCUT2D eigenvalue weighted by molar-refractivity contribution is 5.79. The number of benzene rings is 1. The molecule has 154 valence electrons. The van der Waals surface area contributed by atoms with Crippen LogP contribution in [-0.2, 0) is 12.0 Å². The van der Waals surface area contributed by atoms with Crippen molar-refractivity contribution in [3.63, 3.8) is 0 Å². The molecule has 7 nitrogen and oxygen atoms in total. The first-order valence-corrected chi connectivity index (χ1v) is 10.1. The topological polar surface area (TPSA) is 78.6 Å². The molecular formula is C21H34N6O. The second kappa shape index (κ2) is 10.7. The highest BCUT2D eigenvalue weighted by atomic mass is 16.5. The van der Waals surface area contributed by atoms with Crippen LogP contribution in [0.3, 0.4) is 0 Å². The Bertz CT molecular complexity index is 720. The molecule has 0 spiro atoms. The van der Waals surface area contributed by atoms with E-state index in [2.05, 4.69) is 68.8 Å². The van der Waals surface area contributed by atoms with E-state index < -0.39 is 0 Å². The summed E-state index contributed by atoms with van der Waals surface area (Å²) in [6, 6.07) is 10.5. The minimum atomic E-state index is -0.151. The van der Waals surface area contributed by atoms with Crippen LogP contribution in [0.15, 0.2) is 39.8 Å². The quantitative estimate of drug-likeness (QED) is 0.391. The van der Waals surface area contributed by atoms with Gasteiger partial charge in [-0.25, -0.2) is 4.99 Å². The van der Waals surface area contributed by atoms with Crippen LogP contribution in [0, 0.1) is 0 Å². The third-order valence-corrected chi connectivity index (χ3v) is 4.23. The van der Waals surface area contributed by atoms with Crippen LogP contribution in [-0.4, -0.2) is 42.3 Å². The average molecular weight is 387 g/mol. The summed E-state index contributed by atoms with van der Waals surface area (Å²) in [7, 11) is 0. The summed E-state index contributed by atoms with van der Waals surface area (Å²) in [5.74, 6) is 2.01. The lowest BCUT2D eigenvalue weighted by Crippen LogP contribution is -2.38. The van der Waals surface area contributed by atoms with E-state index in [1.165, 1.54) is 5.69 Å². The molecule has 0 unspecified atom stereocenters. The van der Waals surface area contributed by atoms with Gasteiger partial charge in [0.05, 0.1) is 0 Å². The Kier molecular flexibility index (Phi) is 8.29. The Morgan fingerprint density at radius 1 is 1.14 bits per heavy atom. The van der Waals surface area contributed by atoms with Crippen LogP contribution in [0.5, 0.6) is 0 Å². The number of para-hydroxylation sites is 1. The maximum atomic E-state index is 5.32. The number of guanidine groups is 1. The second-order valence-corrected chi connectivity index (χ2v) is 7.66. The monoisotopic (exact) mass is 386 g/mol. The Balaban J connectivity index is 1.83. The molecule has 0 amide bonds. The van der Waals surface area contributed by atoms with Gasteiger partial charge in [0.1, 0.15) is 6.54 Å². The molecule has 0 atom stereocenters. The van der Waals surface area contributed by atoms with E-state index in [1.807, 2.05) is 26.8 Å². The zero-order valence-electron chi connectivity index (χ0n) is 17.8. The third-order valence-electron chi connectivity index (χ3n) is 4.23. The van der Waals surface area contributed by atoms with Gasteiger partial charge in [-0.05, 0) is 32.4 Å². The maximum absolute atomic E-state index is 5.32. The number of rotatable bonds is 9.